The maximum atomic E-state index is 11.5. The van der Waals surface area contributed by atoms with Crippen LogP contribution in [-0.4, -0.2) is 42.9 Å². The third-order valence-electron chi connectivity index (χ3n) is 0.916. The van der Waals surface area contributed by atoms with Gasteiger partial charge in [-0.3, -0.25) is 0 Å². The SMILES string of the molecule is CN(C)CC(O)C(F)(F)F.[Cu]. The molecule has 0 aromatic carbocycles. The smallest absolute Gasteiger partial charge is 0.382 e. The average Bonchev–Trinajstić information content (AvgIpc) is 1.60. The van der Waals surface area contributed by atoms with Crippen LogP contribution in [0.5, 0.6) is 0 Å². The maximum absolute atomic E-state index is 11.5. The molecule has 11 heavy (non-hydrogen) atoms. The van der Waals surface area contributed by atoms with Gasteiger partial charge in [-0.15, -0.1) is 0 Å². The minimum atomic E-state index is -4.50. The molecule has 0 saturated heterocycles. The number of alkyl halides is 3. The molecule has 6 heteroatoms. The van der Waals surface area contributed by atoms with E-state index >= 15 is 0 Å². The first-order valence-corrected chi connectivity index (χ1v) is 2.73. The summed E-state index contributed by atoms with van der Waals surface area (Å²) in [5, 5.41) is 8.39. The van der Waals surface area contributed by atoms with Crippen LogP contribution < -0.4 is 0 Å². The van der Waals surface area contributed by atoms with Crippen LogP contribution >= 0.6 is 0 Å². The second kappa shape index (κ2) is 4.98. The van der Waals surface area contributed by atoms with Crippen LogP contribution in [0.4, 0.5) is 13.2 Å². The molecule has 0 saturated carbocycles. The van der Waals surface area contributed by atoms with Crippen molar-refractivity contribution in [3.63, 3.8) is 0 Å². The zero-order valence-electron chi connectivity index (χ0n) is 6.11. The van der Waals surface area contributed by atoms with E-state index in [9.17, 15) is 13.2 Å². The van der Waals surface area contributed by atoms with Gasteiger partial charge in [0.1, 0.15) is 0 Å². The van der Waals surface area contributed by atoms with Crippen molar-refractivity contribution in [3.8, 4) is 0 Å². The molecule has 2 nitrogen and oxygen atoms in total. The molecular weight excluding hydrogens is 211 g/mol. The molecule has 1 atom stereocenters. The summed E-state index contributed by atoms with van der Waals surface area (Å²) < 4.78 is 34.6. The van der Waals surface area contributed by atoms with Crippen molar-refractivity contribution in [2.45, 2.75) is 12.3 Å². The molecule has 1 N–H and O–H groups in total. The standard InChI is InChI=1S/C5H10F3NO.Cu/c1-9(2)3-4(10)5(6,7)8;/h4,10H,3H2,1-2H3;. The molecule has 0 aromatic rings. The Morgan fingerprint density at radius 2 is 1.73 bits per heavy atom. The average molecular weight is 221 g/mol. The Labute approximate surface area is 73.8 Å². The zero-order chi connectivity index (χ0) is 8.36. The Morgan fingerprint density at radius 1 is 1.36 bits per heavy atom. The van der Waals surface area contributed by atoms with Gasteiger partial charge in [-0.25, -0.2) is 0 Å². The largest absolute Gasteiger partial charge is 0.415 e. The Hall–Kier alpha value is 0.229. The number of hydrogen-bond donors (Lipinski definition) is 1. The van der Waals surface area contributed by atoms with Gasteiger partial charge in [0.2, 0.25) is 0 Å². The van der Waals surface area contributed by atoms with Gasteiger partial charge < -0.3 is 10.0 Å². The van der Waals surface area contributed by atoms with Crippen LogP contribution in [-0.2, 0) is 17.1 Å². The molecule has 0 aliphatic rings. The molecule has 0 bridgehead atoms. The molecule has 1 unspecified atom stereocenters. The zero-order valence-corrected chi connectivity index (χ0v) is 7.06. The summed E-state index contributed by atoms with van der Waals surface area (Å²) in [6, 6.07) is 0. The fourth-order valence-electron chi connectivity index (χ4n) is 0.449. The van der Waals surface area contributed by atoms with Gasteiger partial charge in [-0.05, 0) is 14.1 Å². The Bertz CT molecular complexity index is 106. The molecule has 0 amide bonds. The quantitative estimate of drug-likeness (QED) is 0.684. The fraction of sp³-hybridized carbons (Fsp3) is 1.00. The summed E-state index contributed by atoms with van der Waals surface area (Å²) in [4.78, 5) is 1.28. The van der Waals surface area contributed by atoms with Crippen molar-refractivity contribution >= 4 is 0 Å². The molecule has 0 aliphatic carbocycles. The van der Waals surface area contributed by atoms with Crippen molar-refractivity contribution in [1.29, 1.82) is 0 Å². The number of likely N-dealkylation sites (N-methyl/N-ethyl adjacent to an activating group) is 1. The minimum Gasteiger partial charge on any atom is -0.382 e. The van der Waals surface area contributed by atoms with Gasteiger partial charge in [-0.1, -0.05) is 0 Å². The summed E-state index contributed by atoms with van der Waals surface area (Å²) in [6.07, 6.45) is -6.73. The Kier molecular flexibility index (Phi) is 6.24. The molecule has 0 aliphatic heterocycles. The predicted octanol–water partition coefficient (Wildman–Crippen LogP) is 0.469. The molecule has 0 rings (SSSR count). The summed E-state index contributed by atoms with van der Waals surface area (Å²) in [7, 11) is 2.93. The van der Waals surface area contributed by atoms with Gasteiger partial charge in [0, 0.05) is 23.6 Å². The fourth-order valence-corrected chi connectivity index (χ4v) is 0.449. The van der Waals surface area contributed by atoms with Gasteiger partial charge in [0.15, 0.2) is 6.10 Å². The maximum Gasteiger partial charge on any atom is 0.415 e. The normalized spacial score (nSPS) is 14.5. The van der Waals surface area contributed by atoms with Crippen LogP contribution in [0.1, 0.15) is 0 Å². The van der Waals surface area contributed by atoms with Gasteiger partial charge >= 0.3 is 6.18 Å². The third kappa shape index (κ3) is 6.62. The van der Waals surface area contributed by atoms with Crippen molar-refractivity contribution in [2.24, 2.45) is 0 Å². The topological polar surface area (TPSA) is 23.5 Å². The summed E-state index contributed by atoms with van der Waals surface area (Å²) in [5.74, 6) is 0. The number of aliphatic hydroxyl groups is 1. The van der Waals surface area contributed by atoms with E-state index in [-0.39, 0.29) is 23.6 Å². The van der Waals surface area contributed by atoms with E-state index in [1.54, 1.807) is 0 Å². The van der Waals surface area contributed by atoms with E-state index in [0.717, 1.165) is 0 Å². The van der Waals surface area contributed by atoms with Gasteiger partial charge in [0.25, 0.3) is 0 Å². The van der Waals surface area contributed by atoms with E-state index < -0.39 is 12.3 Å². The van der Waals surface area contributed by atoms with Crippen LogP contribution in [0.25, 0.3) is 0 Å². The number of hydrogen-bond acceptors (Lipinski definition) is 2. The van der Waals surface area contributed by atoms with Crippen LogP contribution in [0.15, 0.2) is 0 Å². The van der Waals surface area contributed by atoms with Crippen molar-refractivity contribution in [3.05, 3.63) is 0 Å². The van der Waals surface area contributed by atoms with Crippen LogP contribution in [0.2, 0.25) is 0 Å². The van der Waals surface area contributed by atoms with Gasteiger partial charge in [0.05, 0.1) is 0 Å². The molecule has 1 radical (unpaired) electrons. The monoisotopic (exact) mass is 220 g/mol. The van der Waals surface area contributed by atoms with E-state index in [0.29, 0.717) is 0 Å². The molecule has 73 valence electrons. The molecule has 0 heterocycles. The first-order valence-electron chi connectivity index (χ1n) is 2.73. The number of rotatable bonds is 2. The van der Waals surface area contributed by atoms with Crippen molar-refractivity contribution < 1.29 is 35.3 Å². The van der Waals surface area contributed by atoms with E-state index in [2.05, 4.69) is 0 Å². The first-order chi connectivity index (χ1) is 4.34. The molecule has 0 aromatic heterocycles. The minimum absolute atomic E-state index is 0. The first kappa shape index (κ1) is 13.8. The van der Waals surface area contributed by atoms with Crippen LogP contribution in [0.3, 0.4) is 0 Å². The van der Waals surface area contributed by atoms with Crippen molar-refractivity contribution in [1.82, 2.24) is 4.90 Å². The van der Waals surface area contributed by atoms with E-state index in [1.807, 2.05) is 0 Å². The molecule has 0 spiro atoms. The summed E-state index contributed by atoms with van der Waals surface area (Å²) in [6.45, 7) is -0.385. The van der Waals surface area contributed by atoms with Gasteiger partial charge in [-0.2, -0.15) is 13.2 Å². The summed E-state index contributed by atoms with van der Waals surface area (Å²) in [5.41, 5.74) is 0. The predicted molar refractivity (Wildman–Crippen MR) is 30.6 cm³/mol. The molecule has 0 fully saturated rings. The number of nitrogens with zero attached hydrogens (tertiary/aromatic N) is 1. The van der Waals surface area contributed by atoms with Crippen molar-refractivity contribution in [2.75, 3.05) is 20.6 Å². The van der Waals surface area contributed by atoms with E-state index in [4.69, 9.17) is 5.11 Å². The number of aliphatic hydroxyl groups excluding tert-OH is 1. The third-order valence-corrected chi connectivity index (χ3v) is 0.916. The Morgan fingerprint density at radius 3 is 1.82 bits per heavy atom. The second-order valence-electron chi connectivity index (χ2n) is 2.32. The Balaban J connectivity index is 0. The summed E-state index contributed by atoms with van der Waals surface area (Å²) >= 11 is 0. The second-order valence-corrected chi connectivity index (χ2v) is 2.32. The van der Waals surface area contributed by atoms with E-state index in [1.165, 1.54) is 19.0 Å². The van der Waals surface area contributed by atoms with Crippen LogP contribution in [0, 0.1) is 0 Å². The number of halogens is 3. The molecular formula is C5H10CuF3NO.